The first-order valence-corrected chi connectivity index (χ1v) is 11.9. The molecule has 0 aromatic heterocycles. The highest BCUT2D eigenvalue weighted by molar-refractivity contribution is 7.80. The minimum atomic E-state index is -0.513. The standard InChI is InChI=1S/C26H19Cl2N3O2S/c27-19-6-8-20(9-7-19)31-25(33)21(24(32)29-26(31)34)14-16-5-10-23-17(13-16)11-12-30(23)15-18-3-1-2-4-22(18)28/h1-10,13-14H,11-12,15H2,(H,29,32,34)/b21-14+. The van der Waals surface area contributed by atoms with Gasteiger partial charge in [-0.25, -0.2) is 0 Å². The first-order valence-electron chi connectivity index (χ1n) is 10.7. The average molecular weight is 508 g/mol. The number of amides is 2. The number of thiocarbonyl (C=S) groups is 1. The SMILES string of the molecule is O=C1NC(=S)N(c2ccc(Cl)cc2)C(=O)/C1=C/c1ccc2c(c1)CCN2Cc1ccccc1Cl. The lowest BCUT2D eigenvalue weighted by Gasteiger charge is -2.29. The van der Waals surface area contributed by atoms with E-state index in [1.807, 2.05) is 42.5 Å². The molecular formula is C26H19Cl2N3O2S. The number of benzene rings is 3. The molecule has 5 rings (SSSR count). The molecule has 5 nitrogen and oxygen atoms in total. The van der Waals surface area contributed by atoms with E-state index < -0.39 is 11.8 Å². The summed E-state index contributed by atoms with van der Waals surface area (Å²) in [5.41, 5.74) is 4.70. The summed E-state index contributed by atoms with van der Waals surface area (Å²) in [4.78, 5) is 29.4. The molecule has 170 valence electrons. The van der Waals surface area contributed by atoms with Gasteiger partial charge in [0.2, 0.25) is 0 Å². The molecule has 0 saturated carbocycles. The van der Waals surface area contributed by atoms with Gasteiger partial charge in [-0.15, -0.1) is 0 Å². The second-order valence-corrected chi connectivity index (χ2v) is 9.32. The third-order valence-electron chi connectivity index (χ3n) is 5.91. The molecule has 3 aromatic rings. The third-order valence-corrected chi connectivity index (χ3v) is 6.82. The van der Waals surface area contributed by atoms with Crippen LogP contribution in [0.2, 0.25) is 10.0 Å². The molecule has 0 aliphatic carbocycles. The van der Waals surface area contributed by atoms with Gasteiger partial charge in [-0.05, 0) is 83.9 Å². The van der Waals surface area contributed by atoms with Crippen molar-refractivity contribution in [2.45, 2.75) is 13.0 Å². The van der Waals surface area contributed by atoms with Crippen LogP contribution in [-0.4, -0.2) is 23.5 Å². The Morgan fingerprint density at radius 1 is 1.00 bits per heavy atom. The Hall–Kier alpha value is -3.19. The molecule has 0 atom stereocenters. The van der Waals surface area contributed by atoms with Crippen LogP contribution in [0.1, 0.15) is 16.7 Å². The van der Waals surface area contributed by atoms with Crippen molar-refractivity contribution in [1.82, 2.24) is 5.32 Å². The highest BCUT2D eigenvalue weighted by Gasteiger charge is 2.34. The Morgan fingerprint density at radius 2 is 1.76 bits per heavy atom. The van der Waals surface area contributed by atoms with Crippen LogP contribution in [0.25, 0.3) is 6.08 Å². The van der Waals surface area contributed by atoms with Gasteiger partial charge in [-0.1, -0.05) is 47.5 Å². The first kappa shape index (κ1) is 22.6. The quantitative estimate of drug-likeness (QED) is 0.292. The number of hydrogen-bond acceptors (Lipinski definition) is 4. The van der Waals surface area contributed by atoms with Gasteiger partial charge in [0.25, 0.3) is 11.8 Å². The van der Waals surface area contributed by atoms with Gasteiger partial charge >= 0.3 is 0 Å². The number of hydrogen-bond donors (Lipinski definition) is 1. The third kappa shape index (κ3) is 4.32. The van der Waals surface area contributed by atoms with Gasteiger partial charge < -0.3 is 4.90 Å². The molecule has 2 aliphatic heterocycles. The summed E-state index contributed by atoms with van der Waals surface area (Å²) in [5.74, 6) is -0.988. The Balaban J connectivity index is 1.41. The largest absolute Gasteiger partial charge is 0.367 e. The summed E-state index contributed by atoms with van der Waals surface area (Å²) in [5, 5.41) is 3.95. The maximum absolute atomic E-state index is 13.2. The second-order valence-electron chi connectivity index (χ2n) is 8.09. The number of carbonyl (C=O) groups is 2. The zero-order chi connectivity index (χ0) is 23.8. The lowest BCUT2D eigenvalue weighted by molar-refractivity contribution is -0.122. The van der Waals surface area contributed by atoms with Gasteiger partial charge in [-0.3, -0.25) is 19.8 Å². The maximum Gasteiger partial charge on any atom is 0.270 e. The smallest absolute Gasteiger partial charge is 0.270 e. The summed E-state index contributed by atoms with van der Waals surface area (Å²) in [7, 11) is 0. The fourth-order valence-corrected chi connectivity index (χ4v) is 4.83. The molecule has 2 amide bonds. The zero-order valence-electron chi connectivity index (χ0n) is 17.9. The van der Waals surface area contributed by atoms with Gasteiger partial charge in [0, 0.05) is 28.8 Å². The normalized spacial score (nSPS) is 16.8. The summed E-state index contributed by atoms with van der Waals surface area (Å²) < 4.78 is 0. The number of rotatable bonds is 4. The Bertz CT molecular complexity index is 1350. The summed E-state index contributed by atoms with van der Waals surface area (Å²) >= 11 is 17.6. The number of fused-ring (bicyclic) bond motifs is 1. The van der Waals surface area contributed by atoms with E-state index in [1.165, 1.54) is 4.90 Å². The minimum Gasteiger partial charge on any atom is -0.367 e. The molecule has 0 radical (unpaired) electrons. The Kier molecular flexibility index (Phi) is 6.13. The van der Waals surface area contributed by atoms with Crippen molar-refractivity contribution < 1.29 is 9.59 Å². The highest BCUT2D eigenvalue weighted by atomic mass is 35.5. The van der Waals surface area contributed by atoms with Crippen molar-refractivity contribution in [3.63, 3.8) is 0 Å². The van der Waals surface area contributed by atoms with E-state index >= 15 is 0 Å². The van der Waals surface area contributed by atoms with Crippen LogP contribution in [0.3, 0.4) is 0 Å². The van der Waals surface area contributed by atoms with Crippen molar-refractivity contribution in [1.29, 1.82) is 0 Å². The predicted molar refractivity (Wildman–Crippen MR) is 140 cm³/mol. The van der Waals surface area contributed by atoms with E-state index in [0.717, 1.165) is 46.9 Å². The number of halogens is 2. The van der Waals surface area contributed by atoms with Gasteiger partial charge in [-0.2, -0.15) is 0 Å². The molecule has 0 spiro atoms. The summed E-state index contributed by atoms with van der Waals surface area (Å²) in [6.07, 6.45) is 2.48. The molecule has 2 aliphatic rings. The van der Waals surface area contributed by atoms with Crippen molar-refractivity contribution >= 4 is 69.8 Å². The molecule has 8 heteroatoms. The number of carbonyl (C=O) groups excluding carboxylic acids is 2. The van der Waals surface area contributed by atoms with Crippen molar-refractivity contribution in [3.8, 4) is 0 Å². The zero-order valence-corrected chi connectivity index (χ0v) is 20.3. The monoisotopic (exact) mass is 507 g/mol. The van der Waals surface area contributed by atoms with E-state index in [-0.39, 0.29) is 10.7 Å². The molecule has 3 aromatic carbocycles. The fraction of sp³-hybridized carbons (Fsp3) is 0.115. The number of anilines is 2. The topological polar surface area (TPSA) is 52.7 Å². The number of nitrogens with one attached hydrogen (secondary N) is 1. The lowest BCUT2D eigenvalue weighted by atomic mass is 10.0. The molecule has 1 N–H and O–H groups in total. The maximum atomic E-state index is 13.2. The fourth-order valence-electron chi connectivity index (χ4n) is 4.23. The summed E-state index contributed by atoms with van der Waals surface area (Å²) in [6.45, 7) is 1.60. The predicted octanol–water partition coefficient (Wildman–Crippen LogP) is 5.39. The van der Waals surface area contributed by atoms with E-state index in [0.29, 0.717) is 10.7 Å². The van der Waals surface area contributed by atoms with Crippen LogP contribution in [0.5, 0.6) is 0 Å². The van der Waals surface area contributed by atoms with Crippen LogP contribution in [0.4, 0.5) is 11.4 Å². The van der Waals surface area contributed by atoms with Crippen LogP contribution >= 0.6 is 35.4 Å². The van der Waals surface area contributed by atoms with E-state index in [2.05, 4.69) is 10.2 Å². The van der Waals surface area contributed by atoms with E-state index in [9.17, 15) is 9.59 Å². The van der Waals surface area contributed by atoms with Gasteiger partial charge in [0.05, 0.1) is 5.69 Å². The van der Waals surface area contributed by atoms with E-state index in [4.69, 9.17) is 35.4 Å². The second kappa shape index (κ2) is 9.22. The molecule has 2 heterocycles. The van der Waals surface area contributed by atoms with Crippen molar-refractivity contribution in [2.24, 2.45) is 0 Å². The van der Waals surface area contributed by atoms with Crippen LogP contribution in [0.15, 0.2) is 72.3 Å². The first-order chi connectivity index (χ1) is 16.4. The number of nitrogens with zero attached hydrogens (tertiary/aromatic N) is 2. The molecule has 0 bridgehead atoms. The van der Waals surface area contributed by atoms with Crippen LogP contribution in [-0.2, 0) is 22.6 Å². The van der Waals surface area contributed by atoms with Crippen molar-refractivity contribution in [2.75, 3.05) is 16.3 Å². The van der Waals surface area contributed by atoms with Crippen LogP contribution < -0.4 is 15.1 Å². The minimum absolute atomic E-state index is 0.0226. The average Bonchev–Trinajstić information content (AvgIpc) is 3.21. The van der Waals surface area contributed by atoms with Crippen molar-refractivity contribution in [3.05, 3.63) is 99.0 Å². The molecule has 1 saturated heterocycles. The Morgan fingerprint density at radius 3 is 2.53 bits per heavy atom. The lowest BCUT2D eigenvalue weighted by Crippen LogP contribution is -2.54. The molecule has 34 heavy (non-hydrogen) atoms. The summed E-state index contributed by atoms with van der Waals surface area (Å²) in [6, 6.07) is 20.5. The highest BCUT2D eigenvalue weighted by Crippen LogP contribution is 2.32. The molecular weight excluding hydrogens is 489 g/mol. The molecule has 0 unspecified atom stereocenters. The van der Waals surface area contributed by atoms with Crippen LogP contribution in [0, 0.1) is 0 Å². The van der Waals surface area contributed by atoms with E-state index in [1.54, 1.807) is 30.3 Å². The Labute approximate surface area is 212 Å². The van der Waals surface area contributed by atoms with Gasteiger partial charge in [0.15, 0.2) is 5.11 Å². The van der Waals surface area contributed by atoms with Gasteiger partial charge in [0.1, 0.15) is 5.57 Å². The molecule has 1 fully saturated rings.